The molecule has 0 aliphatic carbocycles. The summed E-state index contributed by atoms with van der Waals surface area (Å²) in [6.07, 6.45) is 10.3. The average molecular weight is 182 g/mol. The van der Waals surface area contributed by atoms with Crippen molar-refractivity contribution in [2.75, 3.05) is 0 Å². The topological polar surface area (TPSA) is 0 Å². The first kappa shape index (κ1) is 10.3. The molecular weight excluding hydrogens is 168 g/mol. The highest BCUT2D eigenvalue weighted by atomic mass is 13.9. The Balaban J connectivity index is 2.61. The molecule has 0 amide bonds. The Hall–Kier alpha value is -1.74. The van der Waals surface area contributed by atoms with E-state index in [2.05, 4.69) is 30.7 Å². The molecule has 1 rings (SSSR count). The number of benzene rings is 1. The highest BCUT2D eigenvalue weighted by Crippen LogP contribution is 2.05. The standard InChI is InChI=1S/C14H14/c1-4-13-8-10-14(11-9-13)7-5-6-12(2)3/h1,5-6,8-11H,2,7H2,3H3/b6-5+. The average Bonchev–Trinajstić information content (AvgIpc) is 2.18. The van der Waals surface area contributed by atoms with Crippen LogP contribution in [0.15, 0.2) is 48.6 Å². The molecule has 0 heterocycles. The molecule has 0 bridgehead atoms. The van der Waals surface area contributed by atoms with Gasteiger partial charge in [-0.15, -0.1) is 6.42 Å². The Labute approximate surface area is 86.0 Å². The molecule has 0 heteroatoms. The molecule has 0 N–H and O–H groups in total. The van der Waals surface area contributed by atoms with Gasteiger partial charge in [-0.25, -0.2) is 0 Å². The van der Waals surface area contributed by atoms with Gasteiger partial charge in [-0.2, -0.15) is 0 Å². The Bertz CT molecular complexity index is 371. The van der Waals surface area contributed by atoms with Crippen molar-refractivity contribution < 1.29 is 0 Å². The van der Waals surface area contributed by atoms with Crippen molar-refractivity contribution in [2.45, 2.75) is 13.3 Å². The monoisotopic (exact) mass is 182 g/mol. The van der Waals surface area contributed by atoms with E-state index in [9.17, 15) is 0 Å². The number of allylic oxidation sites excluding steroid dienone is 3. The van der Waals surface area contributed by atoms with Crippen LogP contribution in [-0.4, -0.2) is 0 Å². The van der Waals surface area contributed by atoms with E-state index < -0.39 is 0 Å². The molecule has 14 heavy (non-hydrogen) atoms. The number of rotatable bonds is 3. The zero-order valence-electron chi connectivity index (χ0n) is 8.46. The third-order valence-corrected chi connectivity index (χ3v) is 1.88. The summed E-state index contributed by atoms with van der Waals surface area (Å²) in [5.74, 6) is 2.60. The van der Waals surface area contributed by atoms with Crippen LogP contribution in [0.3, 0.4) is 0 Å². The lowest BCUT2D eigenvalue weighted by atomic mass is 10.1. The first-order chi connectivity index (χ1) is 6.72. The first-order valence-corrected chi connectivity index (χ1v) is 4.60. The van der Waals surface area contributed by atoms with Gasteiger partial charge in [0.2, 0.25) is 0 Å². The van der Waals surface area contributed by atoms with Crippen molar-refractivity contribution in [1.82, 2.24) is 0 Å². The zero-order valence-corrected chi connectivity index (χ0v) is 8.46. The minimum absolute atomic E-state index is 0.928. The van der Waals surface area contributed by atoms with Gasteiger partial charge in [-0.3, -0.25) is 0 Å². The van der Waals surface area contributed by atoms with Gasteiger partial charge in [-0.1, -0.05) is 42.4 Å². The van der Waals surface area contributed by atoms with Crippen LogP contribution in [0.1, 0.15) is 18.1 Å². The van der Waals surface area contributed by atoms with Gasteiger partial charge < -0.3 is 0 Å². The second-order valence-electron chi connectivity index (χ2n) is 3.29. The molecule has 0 atom stereocenters. The summed E-state index contributed by atoms with van der Waals surface area (Å²) in [4.78, 5) is 0. The quantitative estimate of drug-likeness (QED) is 0.497. The van der Waals surface area contributed by atoms with Crippen LogP contribution < -0.4 is 0 Å². The van der Waals surface area contributed by atoms with Gasteiger partial charge in [-0.05, 0) is 31.0 Å². The molecule has 0 unspecified atom stereocenters. The Morgan fingerprint density at radius 1 is 1.43 bits per heavy atom. The van der Waals surface area contributed by atoms with Crippen molar-refractivity contribution in [3.63, 3.8) is 0 Å². The van der Waals surface area contributed by atoms with Crippen molar-refractivity contribution >= 4 is 0 Å². The van der Waals surface area contributed by atoms with Crippen molar-refractivity contribution in [3.05, 3.63) is 59.7 Å². The second kappa shape index (κ2) is 5.09. The summed E-state index contributed by atoms with van der Waals surface area (Å²) in [6.45, 7) is 5.78. The maximum Gasteiger partial charge on any atom is 0.0242 e. The lowest BCUT2D eigenvalue weighted by Gasteiger charge is -1.96. The highest BCUT2D eigenvalue weighted by Gasteiger charge is 1.89. The lowest BCUT2D eigenvalue weighted by Crippen LogP contribution is -1.81. The Kier molecular flexibility index (Phi) is 3.76. The van der Waals surface area contributed by atoms with Crippen LogP contribution in [0.5, 0.6) is 0 Å². The van der Waals surface area contributed by atoms with Crippen molar-refractivity contribution in [2.24, 2.45) is 0 Å². The smallest absolute Gasteiger partial charge is 0.0242 e. The lowest BCUT2D eigenvalue weighted by molar-refractivity contribution is 1.26. The number of hydrogen-bond donors (Lipinski definition) is 0. The first-order valence-electron chi connectivity index (χ1n) is 4.60. The van der Waals surface area contributed by atoms with E-state index in [0.29, 0.717) is 0 Å². The maximum absolute atomic E-state index is 5.26. The predicted molar refractivity (Wildman–Crippen MR) is 62.0 cm³/mol. The van der Waals surface area contributed by atoms with E-state index in [1.807, 2.05) is 25.1 Å². The summed E-state index contributed by atoms with van der Waals surface area (Å²) >= 11 is 0. The van der Waals surface area contributed by atoms with E-state index in [0.717, 1.165) is 17.6 Å². The molecule has 0 radical (unpaired) electrons. The van der Waals surface area contributed by atoms with Gasteiger partial charge in [0.25, 0.3) is 0 Å². The SMILES string of the molecule is C#Cc1ccc(C/C=C/C(=C)C)cc1. The molecule has 70 valence electrons. The molecule has 0 aliphatic heterocycles. The van der Waals surface area contributed by atoms with Crippen molar-refractivity contribution in [3.8, 4) is 12.3 Å². The molecular formula is C14H14. The fourth-order valence-corrected chi connectivity index (χ4v) is 1.13. The fourth-order valence-electron chi connectivity index (χ4n) is 1.13. The molecule has 0 fully saturated rings. The summed E-state index contributed by atoms with van der Waals surface area (Å²) in [6, 6.07) is 8.03. The molecule has 0 aliphatic rings. The third-order valence-electron chi connectivity index (χ3n) is 1.88. The normalized spacial score (nSPS) is 10.0. The molecule has 0 nitrogen and oxygen atoms in total. The minimum atomic E-state index is 0.928. The Morgan fingerprint density at radius 2 is 2.07 bits per heavy atom. The van der Waals surface area contributed by atoms with Gasteiger partial charge in [0.05, 0.1) is 0 Å². The molecule has 0 aromatic heterocycles. The van der Waals surface area contributed by atoms with Crippen LogP contribution >= 0.6 is 0 Å². The molecule has 1 aromatic rings. The van der Waals surface area contributed by atoms with E-state index in [1.165, 1.54) is 5.56 Å². The highest BCUT2D eigenvalue weighted by molar-refractivity contribution is 5.34. The van der Waals surface area contributed by atoms with Crippen LogP contribution in [0.25, 0.3) is 0 Å². The van der Waals surface area contributed by atoms with Gasteiger partial charge in [0.15, 0.2) is 0 Å². The fraction of sp³-hybridized carbons (Fsp3) is 0.143. The molecule has 0 spiro atoms. The van der Waals surface area contributed by atoms with Crippen molar-refractivity contribution in [1.29, 1.82) is 0 Å². The minimum Gasteiger partial charge on any atom is -0.115 e. The number of hydrogen-bond acceptors (Lipinski definition) is 0. The van der Waals surface area contributed by atoms with E-state index >= 15 is 0 Å². The van der Waals surface area contributed by atoms with Crippen LogP contribution in [0.2, 0.25) is 0 Å². The largest absolute Gasteiger partial charge is 0.115 e. The predicted octanol–water partition coefficient (Wildman–Crippen LogP) is 3.34. The van der Waals surface area contributed by atoms with Crippen LogP contribution in [-0.2, 0) is 6.42 Å². The summed E-state index contributed by atoms with van der Waals surface area (Å²) in [5, 5.41) is 0. The second-order valence-corrected chi connectivity index (χ2v) is 3.29. The van der Waals surface area contributed by atoms with E-state index in [-0.39, 0.29) is 0 Å². The van der Waals surface area contributed by atoms with Crippen LogP contribution in [0, 0.1) is 12.3 Å². The van der Waals surface area contributed by atoms with Gasteiger partial charge in [0.1, 0.15) is 0 Å². The number of terminal acetylenes is 1. The maximum atomic E-state index is 5.26. The van der Waals surface area contributed by atoms with E-state index in [1.54, 1.807) is 0 Å². The molecule has 1 aromatic carbocycles. The van der Waals surface area contributed by atoms with Crippen LogP contribution in [0.4, 0.5) is 0 Å². The van der Waals surface area contributed by atoms with Gasteiger partial charge >= 0.3 is 0 Å². The molecule has 0 saturated heterocycles. The van der Waals surface area contributed by atoms with Gasteiger partial charge in [0, 0.05) is 5.56 Å². The zero-order chi connectivity index (χ0) is 10.4. The summed E-state index contributed by atoms with van der Waals surface area (Å²) in [5.41, 5.74) is 3.27. The Morgan fingerprint density at radius 3 is 2.57 bits per heavy atom. The summed E-state index contributed by atoms with van der Waals surface area (Å²) in [7, 11) is 0. The summed E-state index contributed by atoms with van der Waals surface area (Å²) < 4.78 is 0. The van der Waals surface area contributed by atoms with E-state index in [4.69, 9.17) is 6.42 Å². The third kappa shape index (κ3) is 3.33. The molecule has 0 saturated carbocycles.